The summed E-state index contributed by atoms with van der Waals surface area (Å²) in [6, 6.07) is 7.11. The zero-order valence-electron chi connectivity index (χ0n) is 12.9. The number of rotatable bonds is 4. The van der Waals surface area contributed by atoms with Crippen LogP contribution in [0.25, 0.3) is 0 Å². The third kappa shape index (κ3) is 3.48. The molecule has 1 atom stereocenters. The van der Waals surface area contributed by atoms with E-state index in [0.29, 0.717) is 5.56 Å². The van der Waals surface area contributed by atoms with E-state index in [9.17, 15) is 23.6 Å². The molecule has 1 aliphatic heterocycles. The second-order valence-corrected chi connectivity index (χ2v) is 5.00. The Balaban J connectivity index is 2.25. The molecule has 0 aliphatic carbocycles. The van der Waals surface area contributed by atoms with Crippen LogP contribution in [-0.4, -0.2) is 48.3 Å². The van der Waals surface area contributed by atoms with Crippen LogP contribution in [-0.2, 0) is 11.3 Å². The first-order valence-corrected chi connectivity index (χ1v) is 6.88. The number of nitriles is 1. The molecule has 2 rings (SSSR count). The fourth-order valence-corrected chi connectivity index (χ4v) is 2.22. The summed E-state index contributed by atoms with van der Waals surface area (Å²) < 4.78 is 28.8. The highest BCUT2D eigenvalue weighted by Crippen LogP contribution is 2.19. The summed E-state index contributed by atoms with van der Waals surface area (Å²) in [7, 11) is 2.69. The van der Waals surface area contributed by atoms with Crippen molar-refractivity contribution in [3.8, 4) is 11.8 Å². The Labute approximate surface area is 136 Å². The molecular weight excluding hydrogens is 322 g/mol. The van der Waals surface area contributed by atoms with E-state index in [0.717, 1.165) is 9.80 Å². The van der Waals surface area contributed by atoms with Gasteiger partial charge < -0.3 is 4.74 Å². The number of imide groups is 1. The summed E-state index contributed by atoms with van der Waals surface area (Å²) in [4.78, 5) is 30.0. The second kappa shape index (κ2) is 7.04. The van der Waals surface area contributed by atoms with Crippen LogP contribution in [0, 0.1) is 17.2 Å². The van der Waals surface area contributed by atoms with Crippen LogP contribution >= 0.6 is 0 Å². The molecule has 1 aromatic carbocycles. The summed E-state index contributed by atoms with van der Waals surface area (Å²) in [6.45, 7) is -2.94. The average molecular weight is 336 g/mol. The number of halogens is 2. The van der Waals surface area contributed by atoms with Crippen molar-refractivity contribution >= 4 is 17.8 Å². The van der Waals surface area contributed by atoms with Gasteiger partial charge in [-0.05, 0) is 17.7 Å². The van der Waals surface area contributed by atoms with Crippen LogP contribution in [0.3, 0.4) is 0 Å². The standard InChI is InChI=1S/C15H14F2N4O3/c1-20-12(11(7-18)13(22)21(2)15(20)23)19-8-9-4-3-5-10(6-9)24-14(16)17/h3-6,11,14H,8H2,1-2H3. The van der Waals surface area contributed by atoms with Gasteiger partial charge in [0.15, 0.2) is 5.92 Å². The fraction of sp³-hybridized carbons (Fsp3) is 0.333. The highest BCUT2D eigenvalue weighted by molar-refractivity contribution is 6.19. The van der Waals surface area contributed by atoms with Gasteiger partial charge in [0.2, 0.25) is 0 Å². The predicted octanol–water partition coefficient (Wildman–Crippen LogP) is 1.85. The lowest BCUT2D eigenvalue weighted by molar-refractivity contribution is -0.129. The molecule has 0 radical (unpaired) electrons. The zero-order chi connectivity index (χ0) is 17.9. The van der Waals surface area contributed by atoms with Crippen LogP contribution in [0.1, 0.15) is 5.56 Å². The topological polar surface area (TPSA) is 86.0 Å². The number of urea groups is 1. The molecule has 7 nitrogen and oxygen atoms in total. The van der Waals surface area contributed by atoms with Crippen LogP contribution in [0.15, 0.2) is 29.3 Å². The molecule has 126 valence electrons. The Morgan fingerprint density at radius 2 is 2.04 bits per heavy atom. The summed E-state index contributed by atoms with van der Waals surface area (Å²) >= 11 is 0. The number of aliphatic imine (C=N–C) groups is 1. The van der Waals surface area contributed by atoms with Crippen molar-refractivity contribution in [2.45, 2.75) is 13.2 Å². The van der Waals surface area contributed by atoms with E-state index in [1.54, 1.807) is 6.07 Å². The van der Waals surface area contributed by atoms with Crippen LogP contribution < -0.4 is 4.74 Å². The van der Waals surface area contributed by atoms with Gasteiger partial charge in [0, 0.05) is 14.1 Å². The third-order valence-electron chi connectivity index (χ3n) is 3.43. The Morgan fingerprint density at radius 3 is 2.67 bits per heavy atom. The van der Waals surface area contributed by atoms with E-state index in [1.807, 2.05) is 6.07 Å². The molecule has 1 heterocycles. The van der Waals surface area contributed by atoms with Gasteiger partial charge in [-0.2, -0.15) is 14.0 Å². The Bertz CT molecular complexity index is 730. The van der Waals surface area contributed by atoms with E-state index in [-0.39, 0.29) is 18.1 Å². The number of alkyl halides is 2. The minimum atomic E-state index is -2.94. The van der Waals surface area contributed by atoms with Gasteiger partial charge in [-0.15, -0.1) is 0 Å². The number of amides is 3. The number of ether oxygens (including phenoxy) is 1. The molecule has 0 N–H and O–H groups in total. The van der Waals surface area contributed by atoms with E-state index in [4.69, 9.17) is 0 Å². The van der Waals surface area contributed by atoms with Gasteiger partial charge in [-0.1, -0.05) is 12.1 Å². The number of carbonyl (C=O) groups is 2. The van der Waals surface area contributed by atoms with Crippen LogP contribution in [0.5, 0.6) is 5.75 Å². The SMILES string of the molecule is CN1C(=O)C(C#N)C(=NCc2cccc(OC(F)F)c2)N(C)C1=O. The van der Waals surface area contributed by atoms with Gasteiger partial charge in [-0.25, -0.2) is 4.79 Å². The van der Waals surface area contributed by atoms with Gasteiger partial charge in [-0.3, -0.25) is 19.6 Å². The summed E-state index contributed by atoms with van der Waals surface area (Å²) in [6.07, 6.45) is 0. The maximum atomic E-state index is 12.2. The monoisotopic (exact) mass is 336 g/mol. The number of benzene rings is 1. The first-order valence-electron chi connectivity index (χ1n) is 6.88. The van der Waals surface area contributed by atoms with Crippen molar-refractivity contribution in [3.63, 3.8) is 0 Å². The van der Waals surface area contributed by atoms with E-state index in [2.05, 4.69) is 9.73 Å². The van der Waals surface area contributed by atoms with Crippen molar-refractivity contribution in [3.05, 3.63) is 29.8 Å². The van der Waals surface area contributed by atoms with Gasteiger partial charge in [0.1, 0.15) is 11.6 Å². The maximum Gasteiger partial charge on any atom is 0.387 e. The molecule has 9 heteroatoms. The predicted molar refractivity (Wildman–Crippen MR) is 79.2 cm³/mol. The van der Waals surface area contributed by atoms with Crippen LogP contribution in [0.2, 0.25) is 0 Å². The molecule has 0 saturated carbocycles. The molecule has 1 aliphatic rings. The molecule has 0 spiro atoms. The average Bonchev–Trinajstić information content (AvgIpc) is 2.54. The first-order chi connectivity index (χ1) is 11.3. The first kappa shape index (κ1) is 17.3. The normalized spacial score (nSPS) is 19.8. The second-order valence-electron chi connectivity index (χ2n) is 5.00. The highest BCUT2D eigenvalue weighted by Gasteiger charge is 2.40. The van der Waals surface area contributed by atoms with Gasteiger partial charge in [0.25, 0.3) is 5.91 Å². The summed E-state index contributed by atoms with van der Waals surface area (Å²) in [5.41, 5.74) is 0.532. The van der Waals surface area contributed by atoms with Gasteiger partial charge >= 0.3 is 12.6 Å². The highest BCUT2D eigenvalue weighted by atomic mass is 19.3. The fourth-order valence-electron chi connectivity index (χ4n) is 2.22. The van der Waals surface area contributed by atoms with Crippen molar-refractivity contribution in [1.29, 1.82) is 5.26 Å². The lowest BCUT2D eigenvalue weighted by Crippen LogP contribution is -2.56. The van der Waals surface area contributed by atoms with Crippen molar-refractivity contribution in [2.24, 2.45) is 10.9 Å². The molecular formula is C15H14F2N4O3. The number of hydrogen-bond acceptors (Lipinski definition) is 5. The Hall–Kier alpha value is -3.02. The third-order valence-corrected chi connectivity index (χ3v) is 3.43. The maximum absolute atomic E-state index is 12.2. The molecule has 1 fully saturated rings. The molecule has 24 heavy (non-hydrogen) atoms. The minimum Gasteiger partial charge on any atom is -0.435 e. The minimum absolute atomic E-state index is 0.00255. The molecule has 1 aromatic rings. The summed E-state index contributed by atoms with van der Waals surface area (Å²) in [5.74, 6) is -1.86. The van der Waals surface area contributed by atoms with Gasteiger partial charge in [0.05, 0.1) is 12.6 Å². The smallest absolute Gasteiger partial charge is 0.387 e. The Morgan fingerprint density at radius 1 is 1.33 bits per heavy atom. The van der Waals surface area contributed by atoms with Crippen molar-refractivity contribution < 1.29 is 23.1 Å². The molecule has 1 saturated heterocycles. The number of carbonyl (C=O) groups excluding carboxylic acids is 2. The molecule has 3 amide bonds. The van der Waals surface area contributed by atoms with Crippen LogP contribution in [0.4, 0.5) is 13.6 Å². The molecule has 1 unspecified atom stereocenters. The zero-order valence-corrected chi connectivity index (χ0v) is 12.9. The quantitative estimate of drug-likeness (QED) is 0.840. The lowest BCUT2D eigenvalue weighted by atomic mass is 10.1. The summed E-state index contributed by atoms with van der Waals surface area (Å²) in [5, 5.41) is 9.17. The van der Waals surface area contributed by atoms with E-state index >= 15 is 0 Å². The number of hydrogen-bond donors (Lipinski definition) is 0. The number of nitrogens with zero attached hydrogens (tertiary/aromatic N) is 4. The van der Waals surface area contributed by atoms with E-state index in [1.165, 1.54) is 32.3 Å². The van der Waals surface area contributed by atoms with Crippen molar-refractivity contribution in [1.82, 2.24) is 9.80 Å². The molecule has 0 bridgehead atoms. The molecule has 0 aromatic heterocycles. The largest absolute Gasteiger partial charge is 0.435 e. The number of amidine groups is 1. The Kier molecular flexibility index (Phi) is 5.08. The van der Waals surface area contributed by atoms with Crippen molar-refractivity contribution in [2.75, 3.05) is 14.1 Å². The lowest BCUT2D eigenvalue weighted by Gasteiger charge is -2.32. The van der Waals surface area contributed by atoms with E-state index < -0.39 is 24.5 Å².